The van der Waals surface area contributed by atoms with E-state index < -0.39 is 0 Å². The quantitative estimate of drug-likeness (QED) is 0.566. The standard InChI is InChI=1S/C9H18N2/c1-7-6-8(2,3)11-9(4,5)10-7/h11H,6H2,1-5H3. The average molecular weight is 154 g/mol. The minimum absolute atomic E-state index is 0.0775. The van der Waals surface area contributed by atoms with E-state index in [0.29, 0.717) is 0 Å². The van der Waals surface area contributed by atoms with E-state index in [9.17, 15) is 0 Å². The van der Waals surface area contributed by atoms with Crippen LogP contribution in [0, 0.1) is 0 Å². The zero-order chi connectivity index (χ0) is 8.70. The lowest BCUT2D eigenvalue weighted by Gasteiger charge is -2.39. The first-order chi connectivity index (χ1) is 4.81. The topological polar surface area (TPSA) is 24.4 Å². The first-order valence-corrected chi connectivity index (χ1v) is 4.15. The Bertz CT molecular complexity index is 190. The summed E-state index contributed by atoms with van der Waals surface area (Å²) in [6.45, 7) is 10.7. The van der Waals surface area contributed by atoms with Crippen LogP contribution in [0.15, 0.2) is 4.99 Å². The summed E-state index contributed by atoms with van der Waals surface area (Å²) in [7, 11) is 0. The lowest BCUT2D eigenvalue weighted by Crippen LogP contribution is -2.55. The predicted molar refractivity (Wildman–Crippen MR) is 49.0 cm³/mol. The van der Waals surface area contributed by atoms with Crippen LogP contribution in [0.4, 0.5) is 0 Å². The minimum Gasteiger partial charge on any atom is -0.288 e. The van der Waals surface area contributed by atoms with Gasteiger partial charge in [-0.05, 0) is 34.6 Å². The van der Waals surface area contributed by atoms with Gasteiger partial charge in [0.15, 0.2) is 0 Å². The van der Waals surface area contributed by atoms with Crippen LogP contribution in [0.2, 0.25) is 0 Å². The maximum Gasteiger partial charge on any atom is 0.105 e. The first-order valence-electron chi connectivity index (χ1n) is 4.15. The molecule has 0 aromatic rings. The lowest BCUT2D eigenvalue weighted by atomic mass is 9.93. The van der Waals surface area contributed by atoms with Crippen LogP contribution in [0.3, 0.4) is 0 Å². The summed E-state index contributed by atoms with van der Waals surface area (Å²) in [4.78, 5) is 4.52. The zero-order valence-corrected chi connectivity index (χ0v) is 8.15. The Balaban J connectivity index is 2.86. The van der Waals surface area contributed by atoms with E-state index in [1.165, 1.54) is 5.71 Å². The lowest BCUT2D eigenvalue weighted by molar-refractivity contribution is 0.261. The molecule has 0 aromatic carbocycles. The Morgan fingerprint density at radius 1 is 1.27 bits per heavy atom. The molecule has 0 bridgehead atoms. The van der Waals surface area contributed by atoms with Crippen molar-refractivity contribution in [3.05, 3.63) is 0 Å². The van der Waals surface area contributed by atoms with E-state index in [4.69, 9.17) is 0 Å². The van der Waals surface area contributed by atoms with Gasteiger partial charge in [-0.3, -0.25) is 10.3 Å². The van der Waals surface area contributed by atoms with E-state index in [-0.39, 0.29) is 11.2 Å². The second-order valence-electron chi connectivity index (χ2n) is 4.59. The van der Waals surface area contributed by atoms with Crippen LogP contribution in [0.25, 0.3) is 0 Å². The summed E-state index contributed by atoms with van der Waals surface area (Å²) in [5, 5.41) is 3.47. The van der Waals surface area contributed by atoms with Crippen molar-refractivity contribution in [2.45, 2.75) is 52.2 Å². The summed E-state index contributed by atoms with van der Waals surface area (Å²) in [6.07, 6.45) is 1.05. The molecule has 1 N–H and O–H groups in total. The highest BCUT2D eigenvalue weighted by Gasteiger charge is 2.31. The molecular weight excluding hydrogens is 136 g/mol. The third-order valence-corrected chi connectivity index (χ3v) is 1.81. The molecule has 0 spiro atoms. The Labute approximate surface area is 69.1 Å². The molecule has 0 fully saturated rings. The molecule has 1 rings (SSSR count). The fraction of sp³-hybridized carbons (Fsp3) is 0.889. The SMILES string of the molecule is CC1=NC(C)(C)NC(C)(C)C1. The third-order valence-electron chi connectivity index (χ3n) is 1.81. The second kappa shape index (κ2) is 2.31. The van der Waals surface area contributed by atoms with Crippen molar-refractivity contribution < 1.29 is 0 Å². The molecule has 0 radical (unpaired) electrons. The Morgan fingerprint density at radius 2 is 1.82 bits per heavy atom. The van der Waals surface area contributed by atoms with Gasteiger partial charge in [0.1, 0.15) is 5.66 Å². The molecule has 0 aliphatic carbocycles. The largest absolute Gasteiger partial charge is 0.288 e. The molecule has 1 aliphatic heterocycles. The first kappa shape index (κ1) is 8.72. The Morgan fingerprint density at radius 3 is 2.18 bits per heavy atom. The molecule has 0 amide bonds. The molecule has 0 saturated heterocycles. The molecule has 2 heteroatoms. The van der Waals surface area contributed by atoms with Gasteiger partial charge in [-0.15, -0.1) is 0 Å². The van der Waals surface area contributed by atoms with Gasteiger partial charge >= 0.3 is 0 Å². The van der Waals surface area contributed by atoms with Crippen LogP contribution >= 0.6 is 0 Å². The summed E-state index contributed by atoms with van der Waals surface area (Å²) in [6, 6.07) is 0. The number of nitrogens with one attached hydrogen (secondary N) is 1. The summed E-state index contributed by atoms with van der Waals surface area (Å²) < 4.78 is 0. The van der Waals surface area contributed by atoms with Gasteiger partial charge in [-0.2, -0.15) is 0 Å². The van der Waals surface area contributed by atoms with Crippen molar-refractivity contribution in [2.75, 3.05) is 0 Å². The van der Waals surface area contributed by atoms with Crippen molar-refractivity contribution >= 4 is 5.71 Å². The smallest absolute Gasteiger partial charge is 0.105 e. The molecule has 1 aliphatic rings. The van der Waals surface area contributed by atoms with Gasteiger partial charge in [-0.25, -0.2) is 0 Å². The maximum absolute atomic E-state index is 4.52. The fourth-order valence-electron chi connectivity index (χ4n) is 2.06. The molecule has 0 aromatic heterocycles. The highest BCUT2D eigenvalue weighted by Crippen LogP contribution is 2.22. The van der Waals surface area contributed by atoms with Gasteiger partial charge in [0, 0.05) is 17.7 Å². The molecule has 64 valence electrons. The van der Waals surface area contributed by atoms with E-state index in [1.54, 1.807) is 0 Å². The maximum atomic E-state index is 4.52. The fourth-order valence-corrected chi connectivity index (χ4v) is 2.06. The van der Waals surface area contributed by atoms with Crippen molar-refractivity contribution in [3.63, 3.8) is 0 Å². The number of rotatable bonds is 0. The van der Waals surface area contributed by atoms with Gasteiger partial charge in [-0.1, -0.05) is 0 Å². The summed E-state index contributed by atoms with van der Waals surface area (Å²) >= 11 is 0. The van der Waals surface area contributed by atoms with E-state index in [2.05, 4.69) is 44.9 Å². The van der Waals surface area contributed by atoms with E-state index >= 15 is 0 Å². The monoisotopic (exact) mass is 154 g/mol. The van der Waals surface area contributed by atoms with Gasteiger partial charge < -0.3 is 0 Å². The van der Waals surface area contributed by atoms with Crippen molar-refractivity contribution in [3.8, 4) is 0 Å². The average Bonchev–Trinajstić information content (AvgIpc) is 1.49. The molecule has 0 atom stereocenters. The van der Waals surface area contributed by atoms with Crippen LogP contribution in [-0.2, 0) is 0 Å². The van der Waals surface area contributed by atoms with Gasteiger partial charge in [0.2, 0.25) is 0 Å². The summed E-state index contributed by atoms with van der Waals surface area (Å²) in [5.74, 6) is 0. The van der Waals surface area contributed by atoms with Crippen molar-refractivity contribution in [1.82, 2.24) is 5.32 Å². The number of nitrogens with zero attached hydrogens (tertiary/aromatic N) is 1. The van der Waals surface area contributed by atoms with Crippen molar-refractivity contribution in [2.24, 2.45) is 4.99 Å². The highest BCUT2D eigenvalue weighted by molar-refractivity contribution is 5.84. The number of aliphatic imine (C=N–C) groups is 1. The Hall–Kier alpha value is -0.370. The Kier molecular flexibility index (Phi) is 1.83. The van der Waals surface area contributed by atoms with E-state index in [0.717, 1.165) is 6.42 Å². The number of hydrogen-bond donors (Lipinski definition) is 1. The second-order valence-corrected chi connectivity index (χ2v) is 4.59. The van der Waals surface area contributed by atoms with Gasteiger partial charge in [0.25, 0.3) is 0 Å². The molecule has 0 saturated carbocycles. The predicted octanol–water partition coefficient (Wildman–Crippen LogP) is 1.96. The molecule has 0 unspecified atom stereocenters. The molecule has 2 nitrogen and oxygen atoms in total. The van der Waals surface area contributed by atoms with Crippen LogP contribution in [-0.4, -0.2) is 16.9 Å². The molecular formula is C9H18N2. The van der Waals surface area contributed by atoms with Gasteiger partial charge in [0.05, 0.1) is 0 Å². The minimum atomic E-state index is -0.0775. The molecule has 11 heavy (non-hydrogen) atoms. The normalized spacial score (nSPS) is 27.9. The zero-order valence-electron chi connectivity index (χ0n) is 8.15. The van der Waals surface area contributed by atoms with Crippen LogP contribution in [0.1, 0.15) is 41.0 Å². The van der Waals surface area contributed by atoms with Crippen LogP contribution in [0.5, 0.6) is 0 Å². The number of hydrogen-bond acceptors (Lipinski definition) is 2. The van der Waals surface area contributed by atoms with Crippen molar-refractivity contribution in [1.29, 1.82) is 0 Å². The third kappa shape index (κ3) is 2.29. The summed E-state index contributed by atoms with van der Waals surface area (Å²) in [5.41, 5.74) is 1.38. The van der Waals surface area contributed by atoms with E-state index in [1.807, 2.05) is 0 Å². The highest BCUT2D eigenvalue weighted by atomic mass is 15.2. The van der Waals surface area contributed by atoms with Crippen LogP contribution < -0.4 is 5.32 Å². The molecule has 1 heterocycles.